The summed E-state index contributed by atoms with van der Waals surface area (Å²) in [6.07, 6.45) is 0.819. The number of hydrogen-bond acceptors (Lipinski definition) is 2. The lowest BCUT2D eigenvalue weighted by molar-refractivity contribution is 0.316. The molecule has 70 valence electrons. The summed E-state index contributed by atoms with van der Waals surface area (Å²) in [6, 6.07) is 10.2. The van der Waals surface area contributed by atoms with E-state index in [-0.39, 0.29) is 0 Å². The Hall–Kier alpha value is -1.09. The van der Waals surface area contributed by atoms with Crippen LogP contribution in [-0.4, -0.2) is 21.2 Å². The van der Waals surface area contributed by atoms with Crippen molar-refractivity contribution in [2.75, 3.05) is 0 Å². The summed E-state index contributed by atoms with van der Waals surface area (Å²) in [6.45, 7) is 2.02. The van der Waals surface area contributed by atoms with Crippen LogP contribution in [0.4, 0.5) is 0 Å². The standard InChI is InChI=1S/C10H15NOSi/c1-2-9(11-12)10(13)8-6-4-3-5-7-8/h3-7,10,12H,2H2,1,13H3. The van der Waals surface area contributed by atoms with E-state index >= 15 is 0 Å². The maximum absolute atomic E-state index is 8.77. The Morgan fingerprint density at radius 3 is 2.54 bits per heavy atom. The van der Waals surface area contributed by atoms with E-state index in [9.17, 15) is 0 Å². The maximum Gasteiger partial charge on any atom is 0.0605 e. The fourth-order valence-electron chi connectivity index (χ4n) is 1.40. The molecule has 0 heterocycles. The molecule has 0 aliphatic carbocycles. The Bertz CT molecular complexity index is 284. The van der Waals surface area contributed by atoms with Crippen molar-refractivity contribution in [3.05, 3.63) is 35.9 Å². The van der Waals surface area contributed by atoms with Crippen molar-refractivity contribution in [3.63, 3.8) is 0 Å². The van der Waals surface area contributed by atoms with Gasteiger partial charge in [-0.25, -0.2) is 0 Å². The SMILES string of the molecule is CCC(=NO)C([SiH3])c1ccccc1. The fraction of sp³-hybridized carbons (Fsp3) is 0.300. The van der Waals surface area contributed by atoms with Gasteiger partial charge in [0.25, 0.3) is 0 Å². The zero-order valence-corrected chi connectivity index (χ0v) is 10.1. The number of nitrogens with zero attached hydrogens (tertiary/aromatic N) is 1. The van der Waals surface area contributed by atoms with Crippen LogP contribution in [0.15, 0.2) is 35.5 Å². The second-order valence-corrected chi connectivity index (χ2v) is 4.23. The second-order valence-electron chi connectivity index (χ2n) is 3.08. The molecule has 0 radical (unpaired) electrons. The molecule has 0 aliphatic rings. The van der Waals surface area contributed by atoms with E-state index in [4.69, 9.17) is 5.21 Å². The summed E-state index contributed by atoms with van der Waals surface area (Å²) in [4.78, 5) is 0. The normalized spacial score (nSPS) is 14.4. The van der Waals surface area contributed by atoms with Gasteiger partial charge in [0.2, 0.25) is 0 Å². The molecule has 1 aromatic carbocycles. The fourth-order valence-corrected chi connectivity index (χ4v) is 2.31. The third kappa shape index (κ3) is 2.42. The summed E-state index contributed by atoms with van der Waals surface area (Å²) < 4.78 is 0. The molecular formula is C10H15NOSi. The van der Waals surface area contributed by atoms with Crippen LogP contribution in [-0.2, 0) is 0 Å². The molecule has 0 saturated heterocycles. The first-order chi connectivity index (χ1) is 6.29. The molecule has 1 rings (SSSR count). The van der Waals surface area contributed by atoms with E-state index in [1.165, 1.54) is 5.56 Å². The highest BCUT2D eigenvalue weighted by Crippen LogP contribution is 2.14. The molecule has 0 amide bonds. The second kappa shape index (κ2) is 4.82. The van der Waals surface area contributed by atoms with Crippen molar-refractivity contribution in [2.45, 2.75) is 18.9 Å². The Morgan fingerprint density at radius 2 is 2.08 bits per heavy atom. The summed E-state index contributed by atoms with van der Waals surface area (Å²) in [7, 11) is 0.988. The third-order valence-electron chi connectivity index (χ3n) is 2.29. The molecule has 2 nitrogen and oxygen atoms in total. The first-order valence-electron chi connectivity index (χ1n) is 4.55. The molecule has 0 aliphatic heterocycles. The lowest BCUT2D eigenvalue weighted by Gasteiger charge is -2.11. The van der Waals surface area contributed by atoms with E-state index in [2.05, 4.69) is 17.3 Å². The molecule has 1 aromatic rings. The monoisotopic (exact) mass is 193 g/mol. The number of benzene rings is 1. The van der Waals surface area contributed by atoms with E-state index in [1.54, 1.807) is 0 Å². The van der Waals surface area contributed by atoms with Gasteiger partial charge in [0, 0.05) is 15.8 Å². The van der Waals surface area contributed by atoms with E-state index in [0.29, 0.717) is 5.54 Å². The van der Waals surface area contributed by atoms with Crippen LogP contribution in [0.1, 0.15) is 24.4 Å². The first kappa shape index (κ1) is 9.99. The predicted molar refractivity (Wildman–Crippen MR) is 58.6 cm³/mol. The van der Waals surface area contributed by atoms with Crippen molar-refractivity contribution < 1.29 is 5.21 Å². The van der Waals surface area contributed by atoms with Crippen LogP contribution in [0.5, 0.6) is 0 Å². The van der Waals surface area contributed by atoms with Gasteiger partial charge in [0.15, 0.2) is 0 Å². The van der Waals surface area contributed by atoms with Gasteiger partial charge in [-0.3, -0.25) is 0 Å². The minimum absolute atomic E-state index is 0.344. The van der Waals surface area contributed by atoms with Crippen molar-refractivity contribution in [1.82, 2.24) is 0 Å². The molecule has 1 N–H and O–H groups in total. The van der Waals surface area contributed by atoms with Crippen LogP contribution in [0.3, 0.4) is 0 Å². The van der Waals surface area contributed by atoms with Crippen LogP contribution in [0.25, 0.3) is 0 Å². The van der Waals surface area contributed by atoms with Gasteiger partial charge in [0.1, 0.15) is 0 Å². The molecule has 3 heteroatoms. The Morgan fingerprint density at radius 1 is 1.46 bits per heavy atom. The summed E-state index contributed by atoms with van der Waals surface area (Å²) >= 11 is 0. The molecule has 1 unspecified atom stereocenters. The Balaban J connectivity index is 2.85. The van der Waals surface area contributed by atoms with Gasteiger partial charge in [-0.15, -0.1) is 0 Å². The molecule has 0 spiro atoms. The molecule has 0 saturated carbocycles. The van der Waals surface area contributed by atoms with Gasteiger partial charge < -0.3 is 5.21 Å². The minimum atomic E-state index is 0.344. The highest BCUT2D eigenvalue weighted by atomic mass is 28.1. The highest BCUT2D eigenvalue weighted by Gasteiger charge is 2.10. The number of hydrogen-bond donors (Lipinski definition) is 1. The molecule has 13 heavy (non-hydrogen) atoms. The highest BCUT2D eigenvalue weighted by molar-refractivity contribution is 6.26. The first-order valence-corrected chi connectivity index (χ1v) is 5.70. The Kier molecular flexibility index (Phi) is 3.70. The molecule has 1 atom stereocenters. The van der Waals surface area contributed by atoms with Crippen molar-refractivity contribution >= 4 is 16.0 Å². The maximum atomic E-state index is 8.77. The van der Waals surface area contributed by atoms with Crippen LogP contribution in [0, 0.1) is 0 Å². The lowest BCUT2D eigenvalue weighted by atomic mass is 10.1. The van der Waals surface area contributed by atoms with E-state index in [1.807, 2.05) is 25.1 Å². The smallest absolute Gasteiger partial charge is 0.0605 e. The van der Waals surface area contributed by atoms with Crippen LogP contribution >= 0.6 is 0 Å². The van der Waals surface area contributed by atoms with Crippen molar-refractivity contribution in [2.24, 2.45) is 5.16 Å². The van der Waals surface area contributed by atoms with Crippen molar-refractivity contribution in [3.8, 4) is 0 Å². The number of oxime groups is 1. The average molecular weight is 193 g/mol. The van der Waals surface area contributed by atoms with E-state index < -0.39 is 0 Å². The van der Waals surface area contributed by atoms with Crippen LogP contribution < -0.4 is 0 Å². The van der Waals surface area contributed by atoms with Crippen LogP contribution in [0.2, 0.25) is 0 Å². The van der Waals surface area contributed by atoms with Gasteiger partial charge in [-0.05, 0) is 12.0 Å². The predicted octanol–water partition coefficient (Wildman–Crippen LogP) is 1.33. The van der Waals surface area contributed by atoms with Crippen molar-refractivity contribution in [1.29, 1.82) is 0 Å². The molecule has 0 bridgehead atoms. The van der Waals surface area contributed by atoms with Gasteiger partial charge in [0.05, 0.1) is 5.71 Å². The lowest BCUT2D eigenvalue weighted by Crippen LogP contribution is -2.11. The minimum Gasteiger partial charge on any atom is -0.411 e. The third-order valence-corrected chi connectivity index (χ3v) is 3.62. The zero-order valence-electron chi connectivity index (χ0n) is 8.07. The van der Waals surface area contributed by atoms with Gasteiger partial charge >= 0.3 is 0 Å². The van der Waals surface area contributed by atoms with E-state index in [0.717, 1.165) is 22.4 Å². The Labute approximate surface area is 81.7 Å². The topological polar surface area (TPSA) is 32.6 Å². The average Bonchev–Trinajstić information content (AvgIpc) is 2.21. The van der Waals surface area contributed by atoms with Gasteiger partial charge in [-0.1, -0.05) is 42.4 Å². The van der Waals surface area contributed by atoms with Gasteiger partial charge in [-0.2, -0.15) is 0 Å². The molecule has 0 fully saturated rings. The number of rotatable bonds is 3. The zero-order chi connectivity index (χ0) is 9.68. The quantitative estimate of drug-likeness (QED) is 0.334. The summed E-state index contributed by atoms with van der Waals surface area (Å²) in [5.41, 5.74) is 2.48. The molecular weight excluding hydrogens is 178 g/mol. The largest absolute Gasteiger partial charge is 0.411 e. The summed E-state index contributed by atoms with van der Waals surface area (Å²) in [5, 5.41) is 12.1. The molecule has 0 aromatic heterocycles. The summed E-state index contributed by atoms with van der Waals surface area (Å²) in [5.74, 6) is 0.